The summed E-state index contributed by atoms with van der Waals surface area (Å²) in [6, 6.07) is 6.09. The Bertz CT molecular complexity index is 408. The molecule has 1 atom stereocenters. The first-order valence-electron chi connectivity index (χ1n) is 6.12. The molecule has 92 valence electrons. The van der Waals surface area contributed by atoms with Gasteiger partial charge in [-0.05, 0) is 30.9 Å². The maximum atomic E-state index is 8.96. The molecule has 1 N–H and O–H groups in total. The van der Waals surface area contributed by atoms with Crippen molar-refractivity contribution in [3.05, 3.63) is 18.2 Å². The summed E-state index contributed by atoms with van der Waals surface area (Å²) in [5.74, 6) is 2.29. The molecule has 17 heavy (non-hydrogen) atoms. The lowest BCUT2D eigenvalue weighted by molar-refractivity contribution is 0.174. The zero-order chi connectivity index (χ0) is 11.7. The van der Waals surface area contributed by atoms with E-state index < -0.39 is 0 Å². The minimum atomic E-state index is 0.291. The Hall–Kier alpha value is -1.42. The quantitative estimate of drug-likeness (QED) is 0.864. The second-order valence-corrected chi connectivity index (χ2v) is 4.65. The number of aliphatic hydroxyl groups excluding tert-OH is 1. The maximum absolute atomic E-state index is 8.96. The van der Waals surface area contributed by atoms with Crippen LogP contribution in [-0.4, -0.2) is 31.6 Å². The van der Waals surface area contributed by atoms with Gasteiger partial charge in [0, 0.05) is 31.5 Å². The molecule has 2 aliphatic rings. The Morgan fingerprint density at radius 3 is 3.06 bits per heavy atom. The van der Waals surface area contributed by atoms with E-state index in [-0.39, 0.29) is 0 Å². The lowest BCUT2D eigenvalue weighted by Crippen LogP contribution is -2.19. The van der Waals surface area contributed by atoms with Crippen LogP contribution in [0.3, 0.4) is 0 Å². The molecule has 0 saturated carbocycles. The average Bonchev–Trinajstić information content (AvgIpc) is 2.96. The van der Waals surface area contributed by atoms with Crippen molar-refractivity contribution in [2.75, 3.05) is 31.4 Å². The summed E-state index contributed by atoms with van der Waals surface area (Å²) in [4.78, 5) is 2.35. The van der Waals surface area contributed by atoms with E-state index in [4.69, 9.17) is 14.6 Å². The maximum Gasteiger partial charge on any atom is 0.231 e. The van der Waals surface area contributed by atoms with Gasteiger partial charge in [-0.15, -0.1) is 0 Å². The minimum absolute atomic E-state index is 0.291. The number of ether oxygens (including phenoxy) is 2. The fourth-order valence-electron chi connectivity index (χ4n) is 2.57. The van der Waals surface area contributed by atoms with Gasteiger partial charge in [0.25, 0.3) is 0 Å². The van der Waals surface area contributed by atoms with Crippen LogP contribution < -0.4 is 14.4 Å². The SMILES string of the molecule is OCCC1CCN(c2ccc3c(c2)OCO3)C1. The largest absolute Gasteiger partial charge is 0.454 e. The van der Waals surface area contributed by atoms with Crippen molar-refractivity contribution < 1.29 is 14.6 Å². The van der Waals surface area contributed by atoms with Crippen LogP contribution in [0.25, 0.3) is 0 Å². The molecule has 2 aliphatic heterocycles. The van der Waals surface area contributed by atoms with E-state index in [0.29, 0.717) is 19.3 Å². The van der Waals surface area contributed by atoms with E-state index in [1.165, 1.54) is 5.69 Å². The predicted molar refractivity (Wildman–Crippen MR) is 64.6 cm³/mol. The van der Waals surface area contributed by atoms with Crippen molar-refractivity contribution in [1.29, 1.82) is 0 Å². The molecule has 4 nitrogen and oxygen atoms in total. The van der Waals surface area contributed by atoms with Crippen LogP contribution in [0.1, 0.15) is 12.8 Å². The highest BCUT2D eigenvalue weighted by atomic mass is 16.7. The first kappa shape index (κ1) is 10.7. The summed E-state index contributed by atoms with van der Waals surface area (Å²) in [6.07, 6.45) is 2.07. The van der Waals surface area contributed by atoms with Gasteiger partial charge in [-0.2, -0.15) is 0 Å². The molecule has 0 amide bonds. The molecule has 3 rings (SSSR count). The van der Waals surface area contributed by atoms with Gasteiger partial charge in [0.15, 0.2) is 11.5 Å². The molecule has 0 aliphatic carbocycles. The van der Waals surface area contributed by atoms with E-state index in [1.54, 1.807) is 0 Å². The highest BCUT2D eigenvalue weighted by molar-refractivity contribution is 5.57. The molecule has 1 fully saturated rings. The van der Waals surface area contributed by atoms with E-state index in [9.17, 15) is 0 Å². The molecular weight excluding hydrogens is 218 g/mol. The highest BCUT2D eigenvalue weighted by Gasteiger charge is 2.23. The molecule has 4 heteroatoms. The smallest absolute Gasteiger partial charge is 0.231 e. The Kier molecular flexibility index (Phi) is 2.81. The number of aliphatic hydroxyl groups is 1. The summed E-state index contributed by atoms with van der Waals surface area (Å²) in [6.45, 7) is 2.70. The second kappa shape index (κ2) is 4.45. The Morgan fingerprint density at radius 2 is 2.18 bits per heavy atom. The van der Waals surface area contributed by atoms with Crippen molar-refractivity contribution in [3.63, 3.8) is 0 Å². The van der Waals surface area contributed by atoms with Gasteiger partial charge in [0.05, 0.1) is 0 Å². The fraction of sp³-hybridized carbons (Fsp3) is 0.538. The predicted octanol–water partition coefficient (Wildman–Crippen LogP) is 1.62. The Labute approximate surface area is 101 Å². The molecule has 1 aromatic carbocycles. The average molecular weight is 235 g/mol. The monoisotopic (exact) mass is 235 g/mol. The van der Waals surface area contributed by atoms with Crippen LogP contribution >= 0.6 is 0 Å². The number of fused-ring (bicyclic) bond motifs is 1. The van der Waals surface area contributed by atoms with Crippen molar-refractivity contribution in [2.24, 2.45) is 5.92 Å². The third-order valence-electron chi connectivity index (χ3n) is 3.54. The molecule has 0 aromatic heterocycles. The van der Waals surface area contributed by atoms with Crippen LogP contribution in [0, 0.1) is 5.92 Å². The second-order valence-electron chi connectivity index (χ2n) is 4.65. The number of benzene rings is 1. The van der Waals surface area contributed by atoms with Gasteiger partial charge >= 0.3 is 0 Å². The third-order valence-corrected chi connectivity index (χ3v) is 3.54. The molecular formula is C13H17NO3. The van der Waals surface area contributed by atoms with Crippen molar-refractivity contribution in [1.82, 2.24) is 0 Å². The molecule has 2 heterocycles. The lowest BCUT2D eigenvalue weighted by atomic mass is 10.1. The summed E-state index contributed by atoms with van der Waals surface area (Å²) in [5.41, 5.74) is 1.19. The Morgan fingerprint density at radius 1 is 1.29 bits per heavy atom. The summed E-state index contributed by atoms with van der Waals surface area (Å²) in [5, 5.41) is 8.96. The van der Waals surface area contributed by atoms with Crippen LogP contribution in [0.2, 0.25) is 0 Å². The molecule has 1 unspecified atom stereocenters. The van der Waals surface area contributed by atoms with Gasteiger partial charge in [-0.25, -0.2) is 0 Å². The van der Waals surface area contributed by atoms with E-state index >= 15 is 0 Å². The first-order chi connectivity index (χ1) is 8.36. The lowest BCUT2D eigenvalue weighted by Gasteiger charge is -2.18. The number of nitrogens with zero attached hydrogens (tertiary/aromatic N) is 1. The van der Waals surface area contributed by atoms with Gasteiger partial charge < -0.3 is 19.5 Å². The van der Waals surface area contributed by atoms with E-state index in [2.05, 4.69) is 11.0 Å². The van der Waals surface area contributed by atoms with Gasteiger partial charge in [-0.3, -0.25) is 0 Å². The standard InChI is InChI=1S/C13H17NO3/c15-6-4-10-3-5-14(8-10)11-1-2-12-13(7-11)17-9-16-12/h1-2,7,10,15H,3-6,8-9H2. The minimum Gasteiger partial charge on any atom is -0.454 e. The van der Waals surface area contributed by atoms with Crippen LogP contribution in [0.5, 0.6) is 11.5 Å². The number of hydrogen-bond donors (Lipinski definition) is 1. The topological polar surface area (TPSA) is 41.9 Å². The van der Waals surface area contributed by atoms with Gasteiger partial charge in [0.2, 0.25) is 6.79 Å². The zero-order valence-corrected chi connectivity index (χ0v) is 9.76. The van der Waals surface area contributed by atoms with Crippen molar-refractivity contribution in [3.8, 4) is 11.5 Å². The highest BCUT2D eigenvalue weighted by Crippen LogP contribution is 2.37. The van der Waals surface area contributed by atoms with E-state index in [1.807, 2.05) is 12.1 Å². The van der Waals surface area contributed by atoms with Gasteiger partial charge in [0.1, 0.15) is 0 Å². The van der Waals surface area contributed by atoms with Crippen LogP contribution in [-0.2, 0) is 0 Å². The molecule has 0 radical (unpaired) electrons. The molecule has 0 bridgehead atoms. The first-order valence-corrected chi connectivity index (χ1v) is 6.12. The van der Waals surface area contributed by atoms with Crippen molar-refractivity contribution >= 4 is 5.69 Å². The third kappa shape index (κ3) is 2.05. The summed E-state index contributed by atoms with van der Waals surface area (Å²) >= 11 is 0. The summed E-state index contributed by atoms with van der Waals surface area (Å²) < 4.78 is 10.7. The molecule has 1 aromatic rings. The van der Waals surface area contributed by atoms with Crippen molar-refractivity contribution in [2.45, 2.75) is 12.8 Å². The zero-order valence-electron chi connectivity index (χ0n) is 9.76. The summed E-state index contributed by atoms with van der Waals surface area (Å²) in [7, 11) is 0. The van der Waals surface area contributed by atoms with Gasteiger partial charge in [-0.1, -0.05) is 0 Å². The fourth-order valence-corrected chi connectivity index (χ4v) is 2.57. The van der Waals surface area contributed by atoms with Crippen LogP contribution in [0.15, 0.2) is 18.2 Å². The van der Waals surface area contributed by atoms with Crippen LogP contribution in [0.4, 0.5) is 5.69 Å². The van der Waals surface area contributed by atoms with E-state index in [0.717, 1.165) is 37.4 Å². The normalized spacial score (nSPS) is 22.2. The Balaban J connectivity index is 1.73. The molecule has 1 saturated heterocycles. The molecule has 0 spiro atoms. The number of hydrogen-bond acceptors (Lipinski definition) is 4. The number of rotatable bonds is 3. The number of anilines is 1.